The Balaban J connectivity index is 2.87. The van der Waals surface area contributed by atoms with Crippen molar-refractivity contribution in [1.82, 2.24) is 0 Å². The molecule has 3 unspecified atom stereocenters. The molecule has 0 radical (unpaired) electrons. The first kappa shape index (κ1) is 17.3. The van der Waals surface area contributed by atoms with Crippen LogP contribution in [0.25, 0.3) is 0 Å². The first-order valence-electron chi connectivity index (χ1n) is 6.21. The molecule has 2 N–H and O–H groups in total. The molecule has 1 rings (SSSR count). The van der Waals surface area contributed by atoms with Gasteiger partial charge in [0.05, 0.1) is 0 Å². The number of carbonyl (C=O) groups excluding carboxylic acids is 3. The fourth-order valence-electron chi connectivity index (χ4n) is 1.89. The summed E-state index contributed by atoms with van der Waals surface area (Å²) < 4.78 is 19.4. The third-order valence-corrected chi connectivity index (χ3v) is 2.69. The topological polar surface area (TPSA) is 129 Å². The Hall–Kier alpha value is -1.71. The van der Waals surface area contributed by atoms with Crippen molar-refractivity contribution in [3.05, 3.63) is 0 Å². The Morgan fingerprint density at radius 1 is 0.952 bits per heavy atom. The van der Waals surface area contributed by atoms with Gasteiger partial charge >= 0.3 is 17.9 Å². The Labute approximate surface area is 120 Å². The van der Waals surface area contributed by atoms with E-state index in [1.807, 2.05) is 0 Å². The van der Waals surface area contributed by atoms with Gasteiger partial charge in [-0.15, -0.1) is 0 Å². The molecule has 0 aromatic heterocycles. The summed E-state index contributed by atoms with van der Waals surface area (Å²) >= 11 is 0. The number of carbonyl (C=O) groups is 3. The molecule has 120 valence electrons. The number of esters is 3. The van der Waals surface area contributed by atoms with Crippen molar-refractivity contribution in [3.63, 3.8) is 0 Å². The van der Waals surface area contributed by atoms with Gasteiger partial charge in [-0.2, -0.15) is 0 Å². The smallest absolute Gasteiger partial charge is 0.303 e. The maximum atomic E-state index is 11.1. The number of hydrogen-bond donors (Lipinski definition) is 2. The van der Waals surface area contributed by atoms with E-state index in [-0.39, 0.29) is 6.61 Å². The van der Waals surface area contributed by atoms with Crippen LogP contribution in [0.1, 0.15) is 20.8 Å². The van der Waals surface area contributed by atoms with Gasteiger partial charge in [0.2, 0.25) is 0 Å². The Morgan fingerprint density at radius 2 is 1.48 bits per heavy atom. The van der Waals surface area contributed by atoms with Crippen LogP contribution in [0.4, 0.5) is 0 Å². The Bertz CT molecular complexity index is 408. The summed E-state index contributed by atoms with van der Waals surface area (Å²) in [7, 11) is 0. The average molecular weight is 306 g/mol. The molecule has 1 fully saturated rings. The lowest BCUT2D eigenvalue weighted by Crippen LogP contribution is -2.61. The molecule has 5 atom stereocenters. The zero-order chi connectivity index (χ0) is 16.2. The van der Waals surface area contributed by atoms with E-state index in [0.717, 1.165) is 20.8 Å². The van der Waals surface area contributed by atoms with Gasteiger partial charge in [-0.25, -0.2) is 0 Å². The van der Waals surface area contributed by atoms with E-state index >= 15 is 0 Å². The Morgan fingerprint density at radius 3 is 1.95 bits per heavy atom. The first-order chi connectivity index (χ1) is 9.72. The van der Waals surface area contributed by atoms with Crippen LogP contribution in [0.3, 0.4) is 0 Å². The van der Waals surface area contributed by atoms with E-state index in [2.05, 4.69) is 4.74 Å². The summed E-state index contributed by atoms with van der Waals surface area (Å²) in [6.45, 7) is 3.00. The molecular weight excluding hydrogens is 288 g/mol. The summed E-state index contributed by atoms with van der Waals surface area (Å²) in [5, 5.41) is 19.9. The zero-order valence-electron chi connectivity index (χ0n) is 11.8. The predicted octanol–water partition coefficient (Wildman–Crippen LogP) is -1.51. The summed E-state index contributed by atoms with van der Waals surface area (Å²) in [5.41, 5.74) is 0. The minimum atomic E-state index is -1.64. The third-order valence-electron chi connectivity index (χ3n) is 2.69. The van der Waals surface area contributed by atoms with Crippen LogP contribution in [0.2, 0.25) is 0 Å². The molecule has 1 heterocycles. The molecule has 0 amide bonds. The van der Waals surface area contributed by atoms with Gasteiger partial charge in [-0.05, 0) is 0 Å². The van der Waals surface area contributed by atoms with Gasteiger partial charge in [0.25, 0.3) is 0 Å². The van der Waals surface area contributed by atoms with Gasteiger partial charge in [0.1, 0.15) is 18.8 Å². The molecule has 1 aliphatic heterocycles. The monoisotopic (exact) mass is 306 g/mol. The van der Waals surface area contributed by atoms with Crippen molar-refractivity contribution in [2.24, 2.45) is 0 Å². The molecule has 0 aliphatic carbocycles. The van der Waals surface area contributed by atoms with Crippen molar-refractivity contribution < 1.29 is 43.5 Å². The maximum absolute atomic E-state index is 11.1. The molecule has 9 nitrogen and oxygen atoms in total. The van der Waals surface area contributed by atoms with Crippen LogP contribution >= 0.6 is 0 Å². The molecule has 0 spiro atoms. The molecule has 0 aromatic carbocycles. The zero-order valence-corrected chi connectivity index (χ0v) is 11.8. The van der Waals surface area contributed by atoms with Crippen LogP contribution in [0.15, 0.2) is 0 Å². The molecule has 21 heavy (non-hydrogen) atoms. The minimum absolute atomic E-state index is 0.349. The largest absolute Gasteiger partial charge is 0.463 e. The fourth-order valence-corrected chi connectivity index (χ4v) is 1.89. The van der Waals surface area contributed by atoms with Crippen molar-refractivity contribution >= 4 is 17.9 Å². The molecule has 1 saturated heterocycles. The lowest BCUT2D eigenvalue weighted by atomic mass is 9.98. The van der Waals surface area contributed by atoms with E-state index in [4.69, 9.17) is 14.2 Å². The quantitative estimate of drug-likeness (QED) is 0.470. The van der Waals surface area contributed by atoms with Crippen LogP contribution in [0, 0.1) is 0 Å². The molecule has 0 saturated carbocycles. The molecule has 0 aromatic rings. The SMILES string of the molecule is CC(=O)OCC1O[C@@H](O)C(OC(C)=O)C(OC(C)=O)[C@@H]1O. The average Bonchev–Trinajstić information content (AvgIpc) is 2.35. The van der Waals surface area contributed by atoms with Crippen LogP contribution in [0.5, 0.6) is 0 Å². The first-order valence-corrected chi connectivity index (χ1v) is 6.21. The second kappa shape index (κ2) is 7.34. The van der Waals surface area contributed by atoms with Crippen molar-refractivity contribution in [2.75, 3.05) is 6.61 Å². The summed E-state index contributed by atoms with van der Waals surface area (Å²) in [6.07, 6.45) is -6.92. The third kappa shape index (κ3) is 4.96. The lowest BCUT2D eigenvalue weighted by molar-refractivity contribution is -0.293. The number of aliphatic hydroxyl groups excluding tert-OH is 2. The maximum Gasteiger partial charge on any atom is 0.303 e. The van der Waals surface area contributed by atoms with Crippen LogP contribution < -0.4 is 0 Å². The number of aliphatic hydroxyl groups is 2. The molecule has 0 bridgehead atoms. The van der Waals surface area contributed by atoms with Gasteiger partial charge in [-0.1, -0.05) is 0 Å². The van der Waals surface area contributed by atoms with E-state index in [0.29, 0.717) is 0 Å². The highest BCUT2D eigenvalue weighted by molar-refractivity contribution is 5.67. The molecule has 1 aliphatic rings. The van der Waals surface area contributed by atoms with Gasteiger partial charge in [-0.3, -0.25) is 14.4 Å². The second-order valence-electron chi connectivity index (χ2n) is 4.51. The number of hydrogen-bond acceptors (Lipinski definition) is 9. The van der Waals surface area contributed by atoms with Crippen LogP contribution in [-0.2, 0) is 33.3 Å². The van der Waals surface area contributed by atoms with E-state index in [9.17, 15) is 24.6 Å². The van der Waals surface area contributed by atoms with Gasteiger partial charge in [0, 0.05) is 20.8 Å². The normalized spacial score (nSPS) is 32.1. The van der Waals surface area contributed by atoms with Crippen molar-refractivity contribution in [2.45, 2.75) is 51.5 Å². The van der Waals surface area contributed by atoms with E-state index < -0.39 is 48.6 Å². The van der Waals surface area contributed by atoms with Crippen molar-refractivity contribution in [1.29, 1.82) is 0 Å². The molecule has 9 heteroatoms. The predicted molar refractivity (Wildman–Crippen MR) is 64.6 cm³/mol. The fraction of sp³-hybridized carbons (Fsp3) is 0.750. The standard InChI is InChI=1S/C12H18O9/c1-5(13)18-4-8-9(16)10(19-6(2)14)11(12(17)21-8)20-7(3)15/h8-12,16-17H,4H2,1-3H3/t8?,9-,10?,11?,12-/m1/s1. The number of ether oxygens (including phenoxy) is 4. The van der Waals surface area contributed by atoms with Gasteiger partial charge in [0.15, 0.2) is 18.5 Å². The summed E-state index contributed by atoms with van der Waals surface area (Å²) in [6, 6.07) is 0. The number of rotatable bonds is 4. The molecular formula is C12H18O9. The minimum Gasteiger partial charge on any atom is -0.463 e. The highest BCUT2D eigenvalue weighted by atomic mass is 16.7. The van der Waals surface area contributed by atoms with Crippen molar-refractivity contribution in [3.8, 4) is 0 Å². The summed E-state index contributed by atoms with van der Waals surface area (Å²) in [4.78, 5) is 32.9. The van der Waals surface area contributed by atoms with Crippen LogP contribution in [-0.4, -0.2) is 65.4 Å². The lowest BCUT2D eigenvalue weighted by Gasteiger charge is -2.41. The highest BCUT2D eigenvalue weighted by Crippen LogP contribution is 2.25. The van der Waals surface area contributed by atoms with E-state index in [1.54, 1.807) is 0 Å². The Kier molecular flexibility index (Phi) is 6.06. The summed E-state index contributed by atoms with van der Waals surface area (Å²) in [5.74, 6) is -2.09. The van der Waals surface area contributed by atoms with E-state index in [1.165, 1.54) is 0 Å². The van der Waals surface area contributed by atoms with Gasteiger partial charge < -0.3 is 29.2 Å². The highest BCUT2D eigenvalue weighted by Gasteiger charge is 2.49. The second-order valence-corrected chi connectivity index (χ2v) is 4.51.